The fourth-order valence-electron chi connectivity index (χ4n) is 2.85. The summed E-state index contributed by atoms with van der Waals surface area (Å²) < 4.78 is 5.45. The molecular formula is C19H25NO. The summed E-state index contributed by atoms with van der Waals surface area (Å²) in [4.78, 5) is 0. The van der Waals surface area contributed by atoms with Gasteiger partial charge in [-0.3, -0.25) is 0 Å². The Kier molecular flexibility index (Phi) is 5.03. The highest BCUT2D eigenvalue weighted by Crippen LogP contribution is 2.27. The Morgan fingerprint density at radius 1 is 0.905 bits per heavy atom. The van der Waals surface area contributed by atoms with Crippen LogP contribution in [0, 0.1) is 13.8 Å². The van der Waals surface area contributed by atoms with E-state index in [-0.39, 0.29) is 6.04 Å². The van der Waals surface area contributed by atoms with Crippen LogP contribution in [0.1, 0.15) is 48.2 Å². The van der Waals surface area contributed by atoms with Crippen LogP contribution in [0.2, 0.25) is 0 Å². The van der Waals surface area contributed by atoms with E-state index < -0.39 is 0 Å². The van der Waals surface area contributed by atoms with Crippen LogP contribution in [0.15, 0.2) is 42.5 Å². The third-order valence-electron chi connectivity index (χ3n) is 3.85. The highest BCUT2D eigenvalue weighted by molar-refractivity contribution is 5.36. The molecule has 2 aromatic carbocycles. The molecule has 0 saturated heterocycles. The average Bonchev–Trinajstić information content (AvgIpc) is 2.46. The summed E-state index contributed by atoms with van der Waals surface area (Å²) in [6.45, 7) is 8.68. The van der Waals surface area contributed by atoms with Crippen molar-refractivity contribution in [1.29, 1.82) is 0 Å². The Hall–Kier alpha value is -1.80. The van der Waals surface area contributed by atoms with E-state index in [0.29, 0.717) is 6.04 Å². The predicted molar refractivity (Wildman–Crippen MR) is 88.9 cm³/mol. The second-order valence-electron chi connectivity index (χ2n) is 5.77. The summed E-state index contributed by atoms with van der Waals surface area (Å²) in [5, 5.41) is 3.66. The van der Waals surface area contributed by atoms with E-state index in [0.717, 1.165) is 5.75 Å². The summed E-state index contributed by atoms with van der Waals surface area (Å²) >= 11 is 0. The van der Waals surface area contributed by atoms with Crippen LogP contribution in [-0.2, 0) is 0 Å². The number of aryl methyl sites for hydroxylation is 2. The third-order valence-corrected chi connectivity index (χ3v) is 3.85. The summed E-state index contributed by atoms with van der Waals surface area (Å²) in [7, 11) is 1.72. The molecule has 2 unspecified atom stereocenters. The lowest BCUT2D eigenvalue weighted by Gasteiger charge is -2.23. The van der Waals surface area contributed by atoms with E-state index >= 15 is 0 Å². The molecular weight excluding hydrogens is 258 g/mol. The van der Waals surface area contributed by atoms with Crippen molar-refractivity contribution in [3.63, 3.8) is 0 Å². The highest BCUT2D eigenvalue weighted by Gasteiger charge is 2.14. The quantitative estimate of drug-likeness (QED) is 0.857. The fourth-order valence-corrected chi connectivity index (χ4v) is 2.85. The molecule has 0 spiro atoms. The first-order valence-electron chi connectivity index (χ1n) is 7.48. The third kappa shape index (κ3) is 3.85. The van der Waals surface area contributed by atoms with Gasteiger partial charge in [-0.25, -0.2) is 0 Å². The lowest BCUT2D eigenvalue weighted by molar-refractivity contribution is 0.396. The van der Waals surface area contributed by atoms with Crippen LogP contribution < -0.4 is 10.1 Å². The van der Waals surface area contributed by atoms with Gasteiger partial charge in [0.15, 0.2) is 0 Å². The molecule has 0 saturated carbocycles. The van der Waals surface area contributed by atoms with Gasteiger partial charge in [0.2, 0.25) is 0 Å². The number of benzene rings is 2. The molecule has 0 aromatic heterocycles. The monoisotopic (exact) mass is 283 g/mol. The Labute approximate surface area is 128 Å². The molecule has 2 aromatic rings. The van der Waals surface area contributed by atoms with E-state index in [4.69, 9.17) is 4.74 Å². The second-order valence-corrected chi connectivity index (χ2v) is 5.77. The summed E-state index contributed by atoms with van der Waals surface area (Å²) in [5.41, 5.74) is 5.14. The molecule has 0 aliphatic carbocycles. The van der Waals surface area contributed by atoms with Gasteiger partial charge in [0.1, 0.15) is 5.75 Å². The predicted octanol–water partition coefficient (Wildman–Crippen LogP) is 4.72. The average molecular weight is 283 g/mol. The van der Waals surface area contributed by atoms with Gasteiger partial charge in [0, 0.05) is 17.6 Å². The topological polar surface area (TPSA) is 21.3 Å². The van der Waals surface area contributed by atoms with Gasteiger partial charge >= 0.3 is 0 Å². The van der Waals surface area contributed by atoms with Gasteiger partial charge in [-0.1, -0.05) is 47.5 Å². The van der Waals surface area contributed by atoms with Crippen molar-refractivity contribution < 1.29 is 4.74 Å². The Balaban J connectivity index is 2.16. The van der Waals surface area contributed by atoms with Crippen molar-refractivity contribution in [2.45, 2.75) is 39.8 Å². The minimum Gasteiger partial charge on any atom is -0.496 e. The molecule has 21 heavy (non-hydrogen) atoms. The van der Waals surface area contributed by atoms with Crippen molar-refractivity contribution >= 4 is 0 Å². The molecule has 0 bridgehead atoms. The van der Waals surface area contributed by atoms with Gasteiger partial charge in [0.25, 0.3) is 0 Å². The normalized spacial score (nSPS) is 13.8. The molecule has 0 fully saturated rings. The standard InChI is InChI=1S/C19H25NO/c1-13-10-14(2)12-17(11-13)15(3)20-16(4)18-8-6-7-9-19(18)21-5/h6-12,15-16,20H,1-5H3. The van der Waals surface area contributed by atoms with Gasteiger partial charge in [-0.15, -0.1) is 0 Å². The number of methoxy groups -OCH3 is 1. The number of para-hydroxylation sites is 1. The van der Waals surface area contributed by atoms with Crippen molar-refractivity contribution in [3.8, 4) is 5.75 Å². The van der Waals surface area contributed by atoms with E-state index in [1.54, 1.807) is 7.11 Å². The molecule has 0 heterocycles. The SMILES string of the molecule is COc1ccccc1C(C)NC(C)c1cc(C)cc(C)c1. The van der Waals surface area contributed by atoms with Gasteiger partial charge in [0.05, 0.1) is 7.11 Å². The Morgan fingerprint density at radius 3 is 2.14 bits per heavy atom. The molecule has 1 N–H and O–H groups in total. The molecule has 2 rings (SSSR count). The molecule has 0 aliphatic heterocycles. The van der Waals surface area contributed by atoms with Crippen LogP contribution in [0.4, 0.5) is 0 Å². The van der Waals surface area contributed by atoms with Crippen LogP contribution in [-0.4, -0.2) is 7.11 Å². The summed E-state index contributed by atoms with van der Waals surface area (Å²) in [5.74, 6) is 0.935. The first-order valence-corrected chi connectivity index (χ1v) is 7.48. The molecule has 2 heteroatoms. The maximum atomic E-state index is 5.45. The van der Waals surface area contributed by atoms with Gasteiger partial charge in [-0.05, 0) is 39.3 Å². The van der Waals surface area contributed by atoms with Crippen molar-refractivity contribution in [2.75, 3.05) is 7.11 Å². The molecule has 0 radical (unpaired) electrons. The minimum absolute atomic E-state index is 0.233. The van der Waals surface area contributed by atoms with E-state index in [2.05, 4.69) is 63.3 Å². The van der Waals surface area contributed by atoms with Crippen molar-refractivity contribution in [3.05, 3.63) is 64.7 Å². The number of hydrogen-bond donors (Lipinski definition) is 1. The van der Waals surface area contributed by atoms with Gasteiger partial charge < -0.3 is 10.1 Å². The summed E-state index contributed by atoms with van der Waals surface area (Å²) in [6.07, 6.45) is 0. The maximum absolute atomic E-state index is 5.45. The zero-order valence-corrected chi connectivity index (χ0v) is 13.6. The van der Waals surface area contributed by atoms with Crippen molar-refractivity contribution in [2.24, 2.45) is 0 Å². The van der Waals surface area contributed by atoms with Gasteiger partial charge in [-0.2, -0.15) is 0 Å². The lowest BCUT2D eigenvalue weighted by atomic mass is 10.0. The minimum atomic E-state index is 0.233. The Bertz CT molecular complexity index is 586. The van der Waals surface area contributed by atoms with Crippen LogP contribution >= 0.6 is 0 Å². The molecule has 0 amide bonds. The molecule has 2 atom stereocenters. The largest absolute Gasteiger partial charge is 0.496 e. The van der Waals surface area contributed by atoms with E-state index in [1.807, 2.05) is 12.1 Å². The highest BCUT2D eigenvalue weighted by atomic mass is 16.5. The second kappa shape index (κ2) is 6.77. The molecule has 2 nitrogen and oxygen atoms in total. The van der Waals surface area contributed by atoms with Crippen LogP contribution in [0.25, 0.3) is 0 Å². The van der Waals surface area contributed by atoms with E-state index in [9.17, 15) is 0 Å². The smallest absolute Gasteiger partial charge is 0.123 e. The number of hydrogen-bond acceptors (Lipinski definition) is 2. The zero-order valence-electron chi connectivity index (χ0n) is 13.6. The first-order chi connectivity index (χ1) is 10.0. The van der Waals surface area contributed by atoms with Crippen LogP contribution in [0.3, 0.4) is 0 Å². The number of nitrogens with one attached hydrogen (secondary N) is 1. The Morgan fingerprint density at radius 2 is 1.52 bits per heavy atom. The molecule has 112 valence electrons. The zero-order chi connectivity index (χ0) is 15.4. The number of ether oxygens (including phenoxy) is 1. The maximum Gasteiger partial charge on any atom is 0.123 e. The fraction of sp³-hybridized carbons (Fsp3) is 0.368. The molecule has 0 aliphatic rings. The number of rotatable bonds is 5. The van der Waals surface area contributed by atoms with Crippen molar-refractivity contribution in [1.82, 2.24) is 5.32 Å². The lowest BCUT2D eigenvalue weighted by Crippen LogP contribution is -2.23. The van der Waals surface area contributed by atoms with E-state index in [1.165, 1.54) is 22.3 Å². The summed E-state index contributed by atoms with van der Waals surface area (Å²) in [6, 6.07) is 15.4. The van der Waals surface area contributed by atoms with Crippen LogP contribution in [0.5, 0.6) is 5.75 Å². The first kappa shape index (κ1) is 15.6.